The number of benzene rings is 1. The van der Waals surface area contributed by atoms with Crippen molar-refractivity contribution < 1.29 is 9.53 Å². The second kappa shape index (κ2) is 6.41. The van der Waals surface area contributed by atoms with Gasteiger partial charge in [0, 0.05) is 18.7 Å². The minimum atomic E-state index is -0.332. The lowest BCUT2D eigenvalue weighted by atomic mass is 10.1. The van der Waals surface area contributed by atoms with Gasteiger partial charge in [0.15, 0.2) is 0 Å². The van der Waals surface area contributed by atoms with Crippen LogP contribution in [0.25, 0.3) is 11.3 Å². The number of H-pyrrole nitrogens is 1. The summed E-state index contributed by atoms with van der Waals surface area (Å²) in [7, 11) is 0. The van der Waals surface area contributed by atoms with Crippen LogP contribution in [0.5, 0.6) is 0 Å². The number of aromatic amines is 1. The normalized spacial score (nSPS) is 17.1. The fraction of sp³-hybridized carbons (Fsp3) is 0.312. The van der Waals surface area contributed by atoms with Crippen LogP contribution in [-0.4, -0.2) is 35.4 Å². The molecule has 112 valence electrons. The molecule has 6 nitrogen and oxygen atoms in total. The molecule has 0 radical (unpaired) electrons. The predicted molar refractivity (Wildman–Crippen MR) is 80.0 cm³/mol. The molecule has 0 bridgehead atoms. The Morgan fingerprint density at radius 3 is 2.95 bits per heavy atom. The van der Waals surface area contributed by atoms with Crippen LogP contribution in [-0.2, 0) is 4.74 Å². The van der Waals surface area contributed by atoms with E-state index in [1.165, 1.54) is 0 Å². The number of rotatable bonds is 4. The quantitative estimate of drug-likeness (QED) is 0.901. The summed E-state index contributed by atoms with van der Waals surface area (Å²) in [4.78, 5) is 12.2. The van der Waals surface area contributed by atoms with Crippen LogP contribution in [0.2, 0.25) is 0 Å². The van der Waals surface area contributed by atoms with Crippen LogP contribution in [0.4, 0.5) is 0 Å². The Bertz CT molecular complexity index is 697. The molecule has 1 fully saturated rings. The van der Waals surface area contributed by atoms with E-state index in [1.54, 1.807) is 0 Å². The van der Waals surface area contributed by atoms with Gasteiger partial charge >= 0.3 is 0 Å². The maximum Gasteiger partial charge on any atom is 0.270 e. The summed E-state index contributed by atoms with van der Waals surface area (Å²) in [5.41, 5.74) is 1.74. The second-order valence-electron chi connectivity index (χ2n) is 5.15. The summed E-state index contributed by atoms with van der Waals surface area (Å²) in [6.45, 7) is 1.19. The van der Waals surface area contributed by atoms with Crippen molar-refractivity contribution >= 4 is 5.91 Å². The molecule has 1 amide bonds. The summed E-state index contributed by atoms with van der Waals surface area (Å²) in [5, 5.41) is 18.9. The maximum absolute atomic E-state index is 12.2. The van der Waals surface area contributed by atoms with Gasteiger partial charge < -0.3 is 10.1 Å². The summed E-state index contributed by atoms with van der Waals surface area (Å²) >= 11 is 0. The lowest BCUT2D eigenvalue weighted by molar-refractivity contribution is 0.0853. The number of hydrogen-bond donors (Lipinski definition) is 2. The van der Waals surface area contributed by atoms with Crippen molar-refractivity contribution in [2.75, 3.05) is 13.2 Å². The molecule has 1 atom stereocenters. The van der Waals surface area contributed by atoms with Crippen molar-refractivity contribution in [3.63, 3.8) is 0 Å². The number of carbonyl (C=O) groups excluding carboxylic acids is 1. The first-order valence-electron chi connectivity index (χ1n) is 7.23. The Kier molecular flexibility index (Phi) is 4.17. The highest BCUT2D eigenvalue weighted by Gasteiger charge is 2.22. The highest BCUT2D eigenvalue weighted by atomic mass is 16.5. The second-order valence-corrected chi connectivity index (χ2v) is 5.15. The zero-order valence-electron chi connectivity index (χ0n) is 12.0. The van der Waals surface area contributed by atoms with Gasteiger partial charge in [-0.2, -0.15) is 10.4 Å². The van der Waals surface area contributed by atoms with Crippen molar-refractivity contribution in [3.05, 3.63) is 41.6 Å². The summed E-state index contributed by atoms with van der Waals surface area (Å²) < 4.78 is 5.46. The Morgan fingerprint density at radius 1 is 1.45 bits per heavy atom. The molecule has 1 aromatic heterocycles. The van der Waals surface area contributed by atoms with E-state index >= 15 is 0 Å². The molecule has 1 aromatic carbocycles. The monoisotopic (exact) mass is 296 g/mol. The molecule has 22 heavy (non-hydrogen) atoms. The van der Waals surface area contributed by atoms with Gasteiger partial charge in [0.05, 0.1) is 6.10 Å². The van der Waals surface area contributed by atoms with E-state index in [1.807, 2.05) is 30.3 Å². The molecule has 2 aromatic rings. The lowest BCUT2D eigenvalue weighted by Crippen LogP contribution is -2.32. The number of nitriles is 1. The first-order chi connectivity index (χ1) is 10.8. The van der Waals surface area contributed by atoms with Crippen LogP contribution < -0.4 is 5.32 Å². The molecule has 2 N–H and O–H groups in total. The molecular formula is C16H16N4O2. The zero-order chi connectivity index (χ0) is 15.4. The molecular weight excluding hydrogens is 280 g/mol. The van der Waals surface area contributed by atoms with E-state index < -0.39 is 0 Å². The number of aromatic nitrogens is 2. The summed E-state index contributed by atoms with van der Waals surface area (Å²) in [5.74, 6) is -0.332. The number of ether oxygens (including phenoxy) is 1. The SMILES string of the molecule is N#Cc1c(-c2ccccc2)n[nH]c1C(=O)NCC1CCCO1. The van der Waals surface area contributed by atoms with Gasteiger partial charge in [-0.3, -0.25) is 9.89 Å². The molecule has 1 aliphatic heterocycles. The molecule has 1 unspecified atom stereocenters. The van der Waals surface area contributed by atoms with Crippen molar-refractivity contribution in [2.45, 2.75) is 18.9 Å². The van der Waals surface area contributed by atoms with Gasteiger partial charge in [-0.05, 0) is 12.8 Å². The Balaban J connectivity index is 1.78. The number of carbonyl (C=O) groups is 1. The topological polar surface area (TPSA) is 90.8 Å². The van der Waals surface area contributed by atoms with Gasteiger partial charge in [0.2, 0.25) is 0 Å². The Hall–Kier alpha value is -2.65. The molecule has 6 heteroatoms. The Labute approximate surface area is 128 Å². The first-order valence-corrected chi connectivity index (χ1v) is 7.23. The molecule has 2 heterocycles. The van der Waals surface area contributed by atoms with Crippen LogP contribution in [0.15, 0.2) is 30.3 Å². The first kappa shape index (κ1) is 14.3. The highest BCUT2D eigenvalue weighted by Crippen LogP contribution is 2.23. The average molecular weight is 296 g/mol. The van der Waals surface area contributed by atoms with E-state index in [9.17, 15) is 10.1 Å². The zero-order valence-corrected chi connectivity index (χ0v) is 12.0. The largest absolute Gasteiger partial charge is 0.376 e. The average Bonchev–Trinajstić information content (AvgIpc) is 3.22. The highest BCUT2D eigenvalue weighted by molar-refractivity contribution is 5.96. The minimum absolute atomic E-state index is 0.0611. The van der Waals surface area contributed by atoms with Crippen molar-refractivity contribution in [1.82, 2.24) is 15.5 Å². The van der Waals surface area contributed by atoms with Crippen molar-refractivity contribution in [2.24, 2.45) is 0 Å². The van der Waals surface area contributed by atoms with Crippen LogP contribution in [0.3, 0.4) is 0 Å². The molecule has 0 saturated carbocycles. The predicted octanol–water partition coefficient (Wildman–Crippen LogP) is 1.86. The van der Waals surface area contributed by atoms with Crippen molar-refractivity contribution in [1.29, 1.82) is 5.26 Å². The third kappa shape index (κ3) is 2.85. The number of hydrogen-bond acceptors (Lipinski definition) is 4. The van der Waals surface area contributed by atoms with Gasteiger partial charge in [-0.1, -0.05) is 30.3 Å². The number of amides is 1. The van der Waals surface area contributed by atoms with E-state index in [-0.39, 0.29) is 23.3 Å². The number of nitrogens with zero attached hydrogens (tertiary/aromatic N) is 2. The molecule has 1 aliphatic rings. The van der Waals surface area contributed by atoms with Gasteiger partial charge in [0.1, 0.15) is 23.0 Å². The van der Waals surface area contributed by atoms with Gasteiger partial charge in [0.25, 0.3) is 5.91 Å². The van der Waals surface area contributed by atoms with Gasteiger partial charge in [-0.15, -0.1) is 0 Å². The molecule has 3 rings (SSSR count). The molecule has 0 spiro atoms. The van der Waals surface area contributed by atoms with Gasteiger partial charge in [-0.25, -0.2) is 0 Å². The van der Waals surface area contributed by atoms with E-state index in [4.69, 9.17) is 4.74 Å². The summed E-state index contributed by atoms with van der Waals surface area (Å²) in [6, 6.07) is 11.4. The molecule has 1 saturated heterocycles. The Morgan fingerprint density at radius 2 is 2.27 bits per heavy atom. The van der Waals surface area contributed by atoms with E-state index in [2.05, 4.69) is 21.6 Å². The van der Waals surface area contributed by atoms with Crippen LogP contribution in [0, 0.1) is 11.3 Å². The number of nitrogens with one attached hydrogen (secondary N) is 2. The maximum atomic E-state index is 12.2. The lowest BCUT2D eigenvalue weighted by Gasteiger charge is -2.09. The van der Waals surface area contributed by atoms with Crippen LogP contribution >= 0.6 is 0 Å². The third-order valence-corrected chi connectivity index (χ3v) is 3.67. The minimum Gasteiger partial charge on any atom is -0.376 e. The standard InChI is InChI=1S/C16H16N4O2/c17-9-13-14(11-5-2-1-3-6-11)19-20-15(13)16(21)18-10-12-7-4-8-22-12/h1-3,5-6,12H,4,7-8,10H2,(H,18,21)(H,19,20). The fourth-order valence-corrected chi connectivity index (χ4v) is 2.52. The van der Waals surface area contributed by atoms with Crippen molar-refractivity contribution in [3.8, 4) is 17.3 Å². The molecule has 0 aliphatic carbocycles. The smallest absolute Gasteiger partial charge is 0.270 e. The van der Waals surface area contributed by atoms with E-state index in [0.717, 1.165) is 25.0 Å². The fourth-order valence-electron chi connectivity index (χ4n) is 2.52. The summed E-state index contributed by atoms with van der Waals surface area (Å²) in [6.07, 6.45) is 2.03. The van der Waals surface area contributed by atoms with E-state index in [0.29, 0.717) is 12.2 Å². The van der Waals surface area contributed by atoms with Crippen LogP contribution in [0.1, 0.15) is 28.9 Å². The third-order valence-electron chi connectivity index (χ3n) is 3.67.